The lowest BCUT2D eigenvalue weighted by atomic mass is 10.1. The maximum Gasteiger partial charge on any atom is 0.220 e. The monoisotopic (exact) mass is 424 g/mol. The molecule has 138 valence electrons. The van der Waals surface area contributed by atoms with Gasteiger partial charge in [0, 0.05) is 31.4 Å². The second-order valence-electron chi connectivity index (χ2n) is 4.96. The summed E-state index contributed by atoms with van der Waals surface area (Å²) in [7, 11) is 0. The highest BCUT2D eigenvalue weighted by atomic mass is 35.5. The first-order valence-electron chi connectivity index (χ1n) is 7.21. The van der Waals surface area contributed by atoms with E-state index in [4.69, 9.17) is 28.9 Å². The molecule has 2 aromatic rings. The van der Waals surface area contributed by atoms with E-state index in [9.17, 15) is 4.79 Å². The van der Waals surface area contributed by atoms with E-state index in [1.165, 1.54) is 6.20 Å². The maximum atomic E-state index is 11.8. The molecule has 0 saturated heterocycles. The fraction of sp³-hybridized carbons (Fsp3) is 0.250. The Morgan fingerprint density at radius 1 is 1.16 bits per heavy atom. The number of nitrogen functional groups attached to an aromatic ring is 1. The number of hydrogen-bond donors (Lipinski definition) is 3. The quantitative estimate of drug-likeness (QED) is 0.463. The summed E-state index contributed by atoms with van der Waals surface area (Å²) in [5, 5.41) is 6.80. The predicted molar refractivity (Wildman–Crippen MR) is 109 cm³/mol. The zero-order valence-electron chi connectivity index (χ0n) is 13.3. The van der Waals surface area contributed by atoms with Crippen molar-refractivity contribution in [2.75, 3.05) is 24.1 Å². The minimum atomic E-state index is -0.0229. The van der Waals surface area contributed by atoms with E-state index >= 15 is 0 Å². The van der Waals surface area contributed by atoms with Crippen molar-refractivity contribution in [3.05, 3.63) is 52.1 Å². The van der Waals surface area contributed by atoms with Gasteiger partial charge in [0.15, 0.2) is 0 Å². The van der Waals surface area contributed by atoms with Crippen molar-refractivity contribution in [2.45, 2.75) is 12.8 Å². The molecule has 1 heterocycles. The Kier molecular flexibility index (Phi) is 11.4. The SMILES string of the molecule is Cl.Cl.Nc1ccccc1CCC(=O)NCCNc1ncc(Cl)cc1Cl. The van der Waals surface area contributed by atoms with Crippen LogP contribution in [0, 0.1) is 0 Å². The fourth-order valence-corrected chi connectivity index (χ4v) is 2.47. The lowest BCUT2D eigenvalue weighted by Gasteiger charge is -2.09. The summed E-state index contributed by atoms with van der Waals surface area (Å²) in [6.45, 7) is 0.997. The first-order valence-corrected chi connectivity index (χ1v) is 7.97. The van der Waals surface area contributed by atoms with Crippen LogP contribution >= 0.6 is 48.0 Å². The topological polar surface area (TPSA) is 80.0 Å². The molecule has 0 bridgehead atoms. The van der Waals surface area contributed by atoms with Gasteiger partial charge in [0.1, 0.15) is 5.82 Å². The van der Waals surface area contributed by atoms with Gasteiger partial charge < -0.3 is 16.4 Å². The van der Waals surface area contributed by atoms with Crippen LogP contribution < -0.4 is 16.4 Å². The highest BCUT2D eigenvalue weighted by Crippen LogP contribution is 2.22. The van der Waals surface area contributed by atoms with Crippen molar-refractivity contribution in [2.24, 2.45) is 0 Å². The molecule has 0 aliphatic heterocycles. The lowest BCUT2D eigenvalue weighted by Crippen LogP contribution is -2.29. The van der Waals surface area contributed by atoms with E-state index in [1.807, 2.05) is 24.3 Å². The number of nitrogens with one attached hydrogen (secondary N) is 2. The van der Waals surface area contributed by atoms with Crippen molar-refractivity contribution < 1.29 is 4.79 Å². The van der Waals surface area contributed by atoms with Crippen LogP contribution in [0.1, 0.15) is 12.0 Å². The minimum Gasteiger partial charge on any atom is -0.399 e. The van der Waals surface area contributed by atoms with Crippen molar-refractivity contribution in [3.8, 4) is 0 Å². The number of nitrogens with two attached hydrogens (primary N) is 1. The summed E-state index contributed by atoms with van der Waals surface area (Å²) in [6, 6.07) is 9.16. The third kappa shape index (κ3) is 8.01. The number of aromatic nitrogens is 1. The van der Waals surface area contributed by atoms with Gasteiger partial charge >= 0.3 is 0 Å². The molecule has 0 fully saturated rings. The molecule has 5 nitrogen and oxygen atoms in total. The van der Waals surface area contributed by atoms with Gasteiger partial charge in [0.25, 0.3) is 0 Å². The van der Waals surface area contributed by atoms with E-state index in [0.717, 1.165) is 5.56 Å². The summed E-state index contributed by atoms with van der Waals surface area (Å²) in [5.74, 6) is 0.521. The molecule has 0 aliphatic rings. The van der Waals surface area contributed by atoms with E-state index < -0.39 is 0 Å². The third-order valence-corrected chi connectivity index (χ3v) is 3.72. The molecule has 25 heavy (non-hydrogen) atoms. The van der Waals surface area contributed by atoms with Crippen LogP contribution in [0.3, 0.4) is 0 Å². The molecular formula is C16H20Cl4N4O. The zero-order valence-corrected chi connectivity index (χ0v) is 16.4. The number of benzene rings is 1. The Morgan fingerprint density at radius 2 is 1.88 bits per heavy atom. The van der Waals surface area contributed by atoms with Gasteiger partial charge in [0.05, 0.1) is 10.0 Å². The second kappa shape index (κ2) is 12.0. The van der Waals surface area contributed by atoms with E-state index in [-0.39, 0.29) is 30.7 Å². The van der Waals surface area contributed by atoms with Crippen molar-refractivity contribution in [3.63, 3.8) is 0 Å². The number of amides is 1. The molecule has 4 N–H and O–H groups in total. The summed E-state index contributed by atoms with van der Waals surface area (Å²) in [4.78, 5) is 15.9. The highest BCUT2D eigenvalue weighted by Gasteiger charge is 2.05. The van der Waals surface area contributed by atoms with Crippen LogP contribution in [-0.2, 0) is 11.2 Å². The van der Waals surface area contributed by atoms with Crippen LogP contribution in [0.4, 0.5) is 11.5 Å². The average Bonchev–Trinajstić information content (AvgIpc) is 2.52. The van der Waals surface area contributed by atoms with Gasteiger partial charge in [-0.2, -0.15) is 0 Å². The van der Waals surface area contributed by atoms with Gasteiger partial charge in [0.2, 0.25) is 5.91 Å². The number of rotatable bonds is 7. The van der Waals surface area contributed by atoms with E-state index in [0.29, 0.717) is 47.5 Å². The van der Waals surface area contributed by atoms with E-state index in [1.54, 1.807) is 6.07 Å². The van der Waals surface area contributed by atoms with E-state index in [2.05, 4.69) is 15.6 Å². The molecular weight excluding hydrogens is 406 g/mol. The number of nitrogens with zero attached hydrogens (tertiary/aromatic N) is 1. The van der Waals surface area contributed by atoms with Crippen LogP contribution in [0.2, 0.25) is 10.0 Å². The largest absolute Gasteiger partial charge is 0.399 e. The number of pyridine rings is 1. The van der Waals surface area contributed by atoms with Crippen LogP contribution in [0.15, 0.2) is 36.5 Å². The number of halogens is 4. The molecule has 2 rings (SSSR count). The summed E-state index contributed by atoms with van der Waals surface area (Å²) in [5.41, 5.74) is 7.54. The molecule has 0 atom stereocenters. The number of para-hydroxylation sites is 1. The van der Waals surface area contributed by atoms with Crippen LogP contribution in [0.25, 0.3) is 0 Å². The van der Waals surface area contributed by atoms with Gasteiger partial charge in [-0.25, -0.2) is 4.98 Å². The lowest BCUT2D eigenvalue weighted by molar-refractivity contribution is -0.120. The second-order valence-corrected chi connectivity index (χ2v) is 5.80. The number of carbonyl (C=O) groups is 1. The Morgan fingerprint density at radius 3 is 2.56 bits per heavy atom. The molecule has 0 saturated carbocycles. The number of anilines is 2. The van der Waals surface area contributed by atoms with Gasteiger partial charge in [-0.15, -0.1) is 24.8 Å². The zero-order chi connectivity index (χ0) is 16.7. The molecule has 0 radical (unpaired) electrons. The first kappa shape index (κ1) is 23.6. The maximum absolute atomic E-state index is 11.8. The Bertz CT molecular complexity index is 685. The van der Waals surface area contributed by atoms with Gasteiger partial charge in [-0.05, 0) is 24.1 Å². The molecule has 9 heteroatoms. The van der Waals surface area contributed by atoms with Crippen LogP contribution in [-0.4, -0.2) is 24.0 Å². The van der Waals surface area contributed by atoms with Gasteiger partial charge in [-0.1, -0.05) is 41.4 Å². The average molecular weight is 426 g/mol. The van der Waals surface area contributed by atoms with Gasteiger partial charge in [-0.3, -0.25) is 4.79 Å². The predicted octanol–water partition coefficient (Wildman–Crippen LogP) is 3.98. The Balaban J connectivity index is 0.00000288. The van der Waals surface area contributed by atoms with Crippen molar-refractivity contribution >= 4 is 65.4 Å². The minimum absolute atomic E-state index is 0. The molecule has 0 aliphatic carbocycles. The first-order chi connectivity index (χ1) is 11.1. The molecule has 1 aromatic carbocycles. The standard InChI is InChI=1S/C16H18Cl2N4O.2ClH/c17-12-9-13(18)16(22-10-12)21-8-7-20-15(23)6-5-11-3-1-2-4-14(11)19;;/h1-4,9-10H,5-8,19H2,(H,20,23)(H,21,22);2*1H. The number of hydrogen-bond acceptors (Lipinski definition) is 4. The van der Waals surface area contributed by atoms with Crippen molar-refractivity contribution in [1.29, 1.82) is 0 Å². The number of carbonyl (C=O) groups excluding carboxylic acids is 1. The number of aryl methyl sites for hydroxylation is 1. The Hall–Kier alpha value is -1.40. The molecule has 0 spiro atoms. The smallest absolute Gasteiger partial charge is 0.220 e. The Labute approximate surface area is 169 Å². The van der Waals surface area contributed by atoms with Crippen LogP contribution in [0.5, 0.6) is 0 Å². The normalized spacial score (nSPS) is 9.52. The summed E-state index contributed by atoms with van der Waals surface area (Å²) < 4.78 is 0. The molecule has 0 unspecified atom stereocenters. The highest BCUT2D eigenvalue weighted by molar-refractivity contribution is 6.35. The van der Waals surface area contributed by atoms with Crippen molar-refractivity contribution in [1.82, 2.24) is 10.3 Å². The molecule has 1 aromatic heterocycles. The third-order valence-electron chi connectivity index (χ3n) is 3.22. The fourth-order valence-electron chi connectivity index (χ4n) is 2.03. The summed E-state index contributed by atoms with van der Waals surface area (Å²) >= 11 is 11.8. The summed E-state index contributed by atoms with van der Waals surface area (Å²) in [6.07, 6.45) is 2.53. The molecule has 1 amide bonds.